The Labute approximate surface area is 295 Å². The summed E-state index contributed by atoms with van der Waals surface area (Å²) < 4.78 is 29.2. The van der Waals surface area contributed by atoms with Crippen molar-refractivity contribution in [1.29, 1.82) is 0 Å². The number of hydrogen-bond donors (Lipinski definition) is 1. The molecule has 2 amide bonds. The van der Waals surface area contributed by atoms with Crippen LogP contribution in [0.2, 0.25) is 20.1 Å². The van der Waals surface area contributed by atoms with E-state index in [1.807, 2.05) is 30.3 Å². The van der Waals surface area contributed by atoms with Gasteiger partial charge in [0.25, 0.3) is 10.0 Å². The maximum absolute atomic E-state index is 14.6. The molecular formula is C35H33Cl4N3O4S. The van der Waals surface area contributed by atoms with Crippen molar-refractivity contribution in [3.63, 3.8) is 0 Å². The van der Waals surface area contributed by atoms with Gasteiger partial charge in [0, 0.05) is 29.1 Å². The zero-order chi connectivity index (χ0) is 33.6. The van der Waals surface area contributed by atoms with Crippen LogP contribution in [-0.2, 0) is 32.6 Å². The lowest BCUT2D eigenvalue weighted by atomic mass is 10.0. The number of nitrogens with one attached hydrogen (secondary N) is 1. The van der Waals surface area contributed by atoms with Crippen molar-refractivity contribution in [2.45, 2.75) is 55.6 Å². The maximum Gasteiger partial charge on any atom is 0.264 e. The van der Waals surface area contributed by atoms with Gasteiger partial charge in [-0.15, -0.1) is 0 Å². The van der Waals surface area contributed by atoms with Crippen LogP contribution in [0.5, 0.6) is 0 Å². The molecule has 4 aromatic rings. The Morgan fingerprint density at radius 1 is 0.766 bits per heavy atom. The second kappa shape index (κ2) is 15.8. The molecule has 1 atom stereocenters. The monoisotopic (exact) mass is 731 g/mol. The molecule has 1 fully saturated rings. The standard InChI is InChI=1S/C35H33Cl4N3O4S/c36-26-19-27(37)21-29(20-26)42(47(45,46)30-13-5-2-6-14-30)23-34(43)41(22-25-15-16-31(38)32(39)17-25)33(18-24-9-3-1-4-10-24)35(44)40-28-11-7-8-12-28/h1-6,9-10,13-17,19-21,28,33H,7-8,11-12,18,22-23H2,(H,40,44). The summed E-state index contributed by atoms with van der Waals surface area (Å²) in [7, 11) is -4.30. The lowest BCUT2D eigenvalue weighted by Crippen LogP contribution is -2.54. The van der Waals surface area contributed by atoms with Gasteiger partial charge in [-0.3, -0.25) is 13.9 Å². The van der Waals surface area contributed by atoms with E-state index in [-0.39, 0.29) is 50.6 Å². The Balaban J connectivity index is 1.59. The van der Waals surface area contributed by atoms with Crippen LogP contribution in [0.1, 0.15) is 36.8 Å². The van der Waals surface area contributed by atoms with Gasteiger partial charge in [0.2, 0.25) is 11.8 Å². The SMILES string of the molecule is O=C(NC1CCCC1)C(Cc1ccccc1)N(Cc1ccc(Cl)c(Cl)c1)C(=O)CN(c1cc(Cl)cc(Cl)c1)S(=O)(=O)c1ccccc1. The number of halogens is 4. The van der Waals surface area contributed by atoms with Crippen molar-refractivity contribution in [1.82, 2.24) is 10.2 Å². The molecule has 0 radical (unpaired) electrons. The first-order valence-corrected chi connectivity index (χ1v) is 18.1. The van der Waals surface area contributed by atoms with E-state index in [9.17, 15) is 18.0 Å². The highest BCUT2D eigenvalue weighted by Gasteiger charge is 2.35. The summed E-state index contributed by atoms with van der Waals surface area (Å²) in [6, 6.07) is 25.5. The number of hydrogen-bond acceptors (Lipinski definition) is 4. The molecule has 0 aromatic heterocycles. The average molecular weight is 734 g/mol. The maximum atomic E-state index is 14.6. The Morgan fingerprint density at radius 3 is 2.00 bits per heavy atom. The van der Waals surface area contributed by atoms with Crippen LogP contribution in [0, 0.1) is 0 Å². The molecule has 1 aliphatic rings. The van der Waals surface area contributed by atoms with Crippen LogP contribution in [0.4, 0.5) is 5.69 Å². The predicted molar refractivity (Wildman–Crippen MR) is 189 cm³/mol. The van der Waals surface area contributed by atoms with Crippen LogP contribution in [-0.4, -0.2) is 43.8 Å². The molecule has 1 aliphatic carbocycles. The Hall–Kier alpha value is -3.27. The second-order valence-electron chi connectivity index (χ2n) is 11.4. The molecule has 7 nitrogen and oxygen atoms in total. The van der Waals surface area contributed by atoms with E-state index in [1.165, 1.54) is 35.2 Å². The normalized spacial score (nSPS) is 14.0. The van der Waals surface area contributed by atoms with Crippen molar-refractivity contribution >= 4 is 73.9 Å². The number of nitrogens with zero attached hydrogens (tertiary/aromatic N) is 2. The molecular weight excluding hydrogens is 700 g/mol. The summed E-state index contributed by atoms with van der Waals surface area (Å²) in [5.74, 6) is -0.938. The average Bonchev–Trinajstić information content (AvgIpc) is 3.56. The molecule has 5 rings (SSSR count). The molecule has 4 aromatic carbocycles. The fourth-order valence-corrected chi connectivity index (χ4v) is 7.94. The molecule has 47 heavy (non-hydrogen) atoms. The first kappa shape index (κ1) is 35.0. The fraction of sp³-hybridized carbons (Fsp3) is 0.257. The summed E-state index contributed by atoms with van der Waals surface area (Å²) in [5, 5.41) is 4.16. The highest BCUT2D eigenvalue weighted by atomic mass is 35.5. The molecule has 0 bridgehead atoms. The van der Waals surface area contributed by atoms with E-state index in [4.69, 9.17) is 46.4 Å². The van der Waals surface area contributed by atoms with Gasteiger partial charge < -0.3 is 10.2 Å². The topological polar surface area (TPSA) is 86.8 Å². The fourth-order valence-electron chi connectivity index (χ4n) is 5.69. The molecule has 0 spiro atoms. The van der Waals surface area contributed by atoms with Crippen LogP contribution >= 0.6 is 46.4 Å². The van der Waals surface area contributed by atoms with Gasteiger partial charge in [-0.2, -0.15) is 0 Å². The van der Waals surface area contributed by atoms with Crippen molar-refractivity contribution < 1.29 is 18.0 Å². The summed E-state index contributed by atoms with van der Waals surface area (Å²) >= 11 is 25.2. The zero-order valence-corrected chi connectivity index (χ0v) is 29.1. The highest BCUT2D eigenvalue weighted by molar-refractivity contribution is 7.92. The number of sulfonamides is 1. The smallest absolute Gasteiger partial charge is 0.264 e. The summed E-state index contributed by atoms with van der Waals surface area (Å²) in [4.78, 5) is 30.1. The lowest BCUT2D eigenvalue weighted by molar-refractivity contribution is -0.140. The molecule has 0 saturated heterocycles. The van der Waals surface area contributed by atoms with E-state index in [2.05, 4.69) is 5.32 Å². The van der Waals surface area contributed by atoms with E-state index >= 15 is 0 Å². The molecule has 1 N–H and O–H groups in total. The van der Waals surface area contributed by atoms with Gasteiger partial charge in [0.05, 0.1) is 20.6 Å². The van der Waals surface area contributed by atoms with Gasteiger partial charge in [0.15, 0.2) is 0 Å². The minimum Gasteiger partial charge on any atom is -0.352 e. The van der Waals surface area contributed by atoms with Gasteiger partial charge in [-0.1, -0.05) is 114 Å². The third kappa shape index (κ3) is 9.00. The third-order valence-electron chi connectivity index (χ3n) is 8.05. The molecule has 1 unspecified atom stereocenters. The van der Waals surface area contributed by atoms with Crippen molar-refractivity contribution in [2.24, 2.45) is 0 Å². The molecule has 246 valence electrons. The predicted octanol–water partition coefficient (Wildman–Crippen LogP) is 8.19. The van der Waals surface area contributed by atoms with Crippen molar-refractivity contribution in [3.8, 4) is 0 Å². The van der Waals surface area contributed by atoms with Gasteiger partial charge in [0.1, 0.15) is 12.6 Å². The second-order valence-corrected chi connectivity index (χ2v) is 15.0. The van der Waals surface area contributed by atoms with E-state index in [0.717, 1.165) is 35.6 Å². The number of carbonyl (C=O) groups excluding carboxylic acids is 2. The van der Waals surface area contributed by atoms with E-state index in [0.29, 0.717) is 10.6 Å². The first-order valence-electron chi connectivity index (χ1n) is 15.1. The quantitative estimate of drug-likeness (QED) is 0.159. The lowest BCUT2D eigenvalue weighted by Gasteiger charge is -2.34. The number of amides is 2. The van der Waals surface area contributed by atoms with E-state index < -0.39 is 28.5 Å². The van der Waals surface area contributed by atoms with Crippen molar-refractivity contribution in [2.75, 3.05) is 10.8 Å². The third-order valence-corrected chi connectivity index (χ3v) is 11.0. The van der Waals surface area contributed by atoms with Crippen LogP contribution in [0.25, 0.3) is 0 Å². The van der Waals surface area contributed by atoms with Gasteiger partial charge in [-0.05, 0) is 66.4 Å². The highest BCUT2D eigenvalue weighted by Crippen LogP contribution is 2.31. The Morgan fingerprint density at radius 2 is 1.38 bits per heavy atom. The molecule has 1 saturated carbocycles. The van der Waals surface area contributed by atoms with E-state index in [1.54, 1.807) is 36.4 Å². The largest absolute Gasteiger partial charge is 0.352 e. The van der Waals surface area contributed by atoms with Gasteiger partial charge >= 0.3 is 0 Å². The van der Waals surface area contributed by atoms with Crippen LogP contribution < -0.4 is 9.62 Å². The minimum absolute atomic E-state index is 0.00809. The summed E-state index contributed by atoms with van der Waals surface area (Å²) in [5.41, 5.74) is 1.55. The Kier molecular flexibility index (Phi) is 11.7. The molecule has 12 heteroatoms. The van der Waals surface area contributed by atoms with Gasteiger partial charge in [-0.25, -0.2) is 8.42 Å². The Bertz CT molecular complexity index is 1800. The molecule has 0 heterocycles. The van der Waals surface area contributed by atoms with Crippen LogP contribution in [0.3, 0.4) is 0 Å². The van der Waals surface area contributed by atoms with Crippen LogP contribution in [0.15, 0.2) is 102 Å². The first-order chi connectivity index (χ1) is 22.5. The number of anilines is 1. The zero-order valence-electron chi connectivity index (χ0n) is 25.3. The molecule has 0 aliphatic heterocycles. The number of rotatable bonds is 12. The summed E-state index contributed by atoms with van der Waals surface area (Å²) in [6.07, 6.45) is 3.91. The minimum atomic E-state index is -4.30. The summed E-state index contributed by atoms with van der Waals surface area (Å²) in [6.45, 7) is -0.682. The van der Waals surface area contributed by atoms with Crippen molar-refractivity contribution in [3.05, 3.63) is 128 Å². The number of carbonyl (C=O) groups is 2. The number of benzene rings is 4.